The topological polar surface area (TPSA) is 62.8 Å². The number of hydrogen-bond acceptors (Lipinski definition) is 4. The molecular weight excluding hydrogens is 188 g/mol. The van der Waals surface area contributed by atoms with E-state index in [2.05, 4.69) is 9.97 Å². The Hall–Kier alpha value is -0.386. The van der Waals surface area contributed by atoms with Crippen molar-refractivity contribution in [2.24, 2.45) is 0 Å². The fraction of sp³-hybridized carbons (Fsp3) is 0. The van der Waals surface area contributed by atoms with Gasteiger partial charge in [0, 0.05) is 12.4 Å². The number of rotatable bonds is 0. The summed E-state index contributed by atoms with van der Waals surface area (Å²) < 4.78 is 17.7. The van der Waals surface area contributed by atoms with Crippen molar-refractivity contribution in [1.82, 2.24) is 9.97 Å². The Morgan fingerprint density at radius 2 is 2.20 bits per heavy atom. The average molecular weight is 192 g/mol. The quantitative estimate of drug-likeness (QED) is 0.489. The Morgan fingerprint density at radius 3 is 2.40 bits per heavy atom. The third-order valence-electron chi connectivity index (χ3n) is 0.578. The van der Waals surface area contributed by atoms with Crippen LogP contribution in [0.4, 0.5) is 0 Å². The summed E-state index contributed by atoms with van der Waals surface area (Å²) in [5.74, 6) is 0. The molecule has 0 aliphatic heterocycles. The van der Waals surface area contributed by atoms with Crippen LogP contribution in [0.25, 0.3) is 0 Å². The Morgan fingerprint density at radius 1 is 1.60 bits per heavy atom. The van der Waals surface area contributed by atoms with Gasteiger partial charge in [0.15, 0.2) is 0 Å². The van der Waals surface area contributed by atoms with Crippen molar-refractivity contribution in [1.29, 1.82) is 0 Å². The minimum atomic E-state index is -2.00. The van der Waals surface area contributed by atoms with Gasteiger partial charge in [-0.05, 0) is 0 Å². The van der Waals surface area contributed by atoms with E-state index in [-0.39, 0.29) is 0 Å². The van der Waals surface area contributed by atoms with Gasteiger partial charge in [-0.3, -0.25) is 4.98 Å². The number of H-pyrrole nitrogens is 1. The minimum absolute atomic E-state index is 0.669. The first-order valence-electron chi connectivity index (χ1n) is 2.29. The summed E-state index contributed by atoms with van der Waals surface area (Å²) in [6.45, 7) is 0. The van der Waals surface area contributed by atoms with Gasteiger partial charge >= 0.3 is 25.7 Å². The van der Waals surface area contributed by atoms with E-state index in [9.17, 15) is 0 Å². The zero-order valence-electron chi connectivity index (χ0n) is 4.90. The van der Waals surface area contributed by atoms with Gasteiger partial charge in [-0.1, -0.05) is 12.2 Å². The predicted molar refractivity (Wildman–Crippen MR) is 30.8 cm³/mol. The van der Waals surface area contributed by atoms with Gasteiger partial charge < -0.3 is 4.98 Å². The molecule has 1 aromatic heterocycles. The van der Waals surface area contributed by atoms with E-state index in [1.54, 1.807) is 18.6 Å². The molecule has 0 saturated heterocycles. The number of nitrogens with zero attached hydrogens (tertiary/aromatic N) is 1. The number of aromatic amines is 1. The molecule has 0 amide bonds. The van der Waals surface area contributed by atoms with Crippen LogP contribution in [0, 0.1) is 4.64 Å². The summed E-state index contributed by atoms with van der Waals surface area (Å²) in [5, 5.41) is 0. The molecule has 0 spiro atoms. The second-order valence-corrected chi connectivity index (χ2v) is 1.89. The van der Waals surface area contributed by atoms with E-state index < -0.39 is 19.1 Å². The Labute approximate surface area is 71.3 Å². The molecule has 0 unspecified atom stereocenters. The second-order valence-electron chi connectivity index (χ2n) is 1.19. The normalized spacial score (nSPS) is 6.80. The van der Waals surface area contributed by atoms with Gasteiger partial charge in [0.2, 0.25) is 0 Å². The zero-order valence-corrected chi connectivity index (χ0v) is 7.28. The summed E-state index contributed by atoms with van der Waals surface area (Å²) in [7, 11) is 0. The van der Waals surface area contributed by atoms with E-state index in [0.29, 0.717) is 4.64 Å². The van der Waals surface area contributed by atoms with Crippen LogP contribution in [-0.4, -0.2) is 9.97 Å². The Bertz CT molecular complexity index is 250. The molecule has 0 radical (unpaired) electrons. The average Bonchev–Trinajstić information content (AvgIpc) is 1.91. The van der Waals surface area contributed by atoms with Crippen molar-refractivity contribution in [3.63, 3.8) is 0 Å². The molecule has 0 aliphatic rings. The van der Waals surface area contributed by atoms with Gasteiger partial charge in [-0.15, -0.1) is 0 Å². The number of nitrogens with one attached hydrogen (secondary N) is 1. The third kappa shape index (κ3) is 5.75. The first-order valence-corrected chi connectivity index (χ1v) is 3.97. The van der Waals surface area contributed by atoms with Crippen LogP contribution >= 0.6 is 12.2 Å². The predicted octanol–water partition coefficient (Wildman–Crippen LogP) is 0.899. The molecule has 0 fully saturated rings. The first-order chi connectivity index (χ1) is 4.81. The van der Waals surface area contributed by atoms with Crippen LogP contribution in [0.15, 0.2) is 18.6 Å². The van der Waals surface area contributed by atoms with Crippen LogP contribution in [0.1, 0.15) is 0 Å². The molecule has 4 nitrogen and oxygen atoms in total. The molecule has 1 N–H and O–H groups in total. The van der Waals surface area contributed by atoms with E-state index in [4.69, 9.17) is 18.9 Å². The molecule has 0 bridgehead atoms. The number of hydrogen-bond donors (Lipinski definition) is 1. The zero-order chi connectivity index (χ0) is 7.82. The van der Waals surface area contributed by atoms with Crippen molar-refractivity contribution >= 4 is 12.2 Å². The van der Waals surface area contributed by atoms with Crippen LogP contribution in [0.5, 0.6) is 0 Å². The van der Waals surface area contributed by atoms with Crippen molar-refractivity contribution < 1.29 is 25.7 Å². The van der Waals surface area contributed by atoms with E-state index in [1.807, 2.05) is 0 Å². The van der Waals surface area contributed by atoms with Crippen molar-refractivity contribution in [3.05, 3.63) is 23.2 Å². The molecule has 1 rings (SSSR count). The summed E-state index contributed by atoms with van der Waals surface area (Å²) in [6.07, 6.45) is 4.94. The SMILES string of the molecule is S=c1cncc[nH]1.[O]=[Ti]=[O]. The summed E-state index contributed by atoms with van der Waals surface area (Å²) >= 11 is 2.69. The van der Waals surface area contributed by atoms with Crippen LogP contribution in [0.2, 0.25) is 0 Å². The summed E-state index contributed by atoms with van der Waals surface area (Å²) in [6, 6.07) is 0. The third-order valence-corrected chi connectivity index (χ3v) is 0.801. The molecule has 0 aromatic carbocycles. The molecule has 0 saturated carbocycles. The standard InChI is InChI=1S/C4H4N2S.2O.Ti/c7-4-3-5-1-2-6-4;;;/h1-3H,(H,6,7);;;. The van der Waals surface area contributed by atoms with Gasteiger partial charge in [0.05, 0.1) is 6.20 Å². The van der Waals surface area contributed by atoms with Crippen molar-refractivity contribution in [2.75, 3.05) is 0 Å². The van der Waals surface area contributed by atoms with Crippen LogP contribution < -0.4 is 0 Å². The monoisotopic (exact) mass is 192 g/mol. The molecule has 10 heavy (non-hydrogen) atoms. The molecule has 0 atom stereocenters. The first kappa shape index (κ1) is 9.61. The fourth-order valence-electron chi connectivity index (χ4n) is 0.310. The van der Waals surface area contributed by atoms with E-state index in [1.165, 1.54) is 0 Å². The number of aromatic nitrogens is 2. The fourth-order valence-corrected chi connectivity index (χ4v) is 0.439. The Kier molecular flexibility index (Phi) is 6.47. The van der Waals surface area contributed by atoms with Gasteiger partial charge in [0.25, 0.3) is 0 Å². The molecule has 6 heteroatoms. The van der Waals surface area contributed by atoms with Gasteiger partial charge in [0.1, 0.15) is 4.64 Å². The maximum absolute atomic E-state index is 8.50. The van der Waals surface area contributed by atoms with Crippen molar-refractivity contribution in [3.8, 4) is 0 Å². The van der Waals surface area contributed by atoms with Crippen molar-refractivity contribution in [2.45, 2.75) is 0 Å². The van der Waals surface area contributed by atoms with Crippen LogP contribution in [0.3, 0.4) is 0 Å². The summed E-state index contributed by atoms with van der Waals surface area (Å²) in [5.41, 5.74) is 0. The second kappa shape index (κ2) is 6.73. The molecular formula is C4H4N2O2STi. The van der Waals surface area contributed by atoms with E-state index in [0.717, 1.165) is 0 Å². The van der Waals surface area contributed by atoms with E-state index >= 15 is 0 Å². The maximum atomic E-state index is 8.50. The summed E-state index contributed by atoms with van der Waals surface area (Å²) in [4.78, 5) is 6.53. The molecule has 1 heterocycles. The van der Waals surface area contributed by atoms with Gasteiger partial charge in [-0.25, -0.2) is 0 Å². The van der Waals surface area contributed by atoms with Crippen LogP contribution in [-0.2, 0) is 25.7 Å². The molecule has 1 aromatic rings. The molecule has 52 valence electrons. The van der Waals surface area contributed by atoms with Gasteiger partial charge in [-0.2, -0.15) is 0 Å². The molecule has 0 aliphatic carbocycles. The Balaban J connectivity index is 0.000000236.